The zero-order valence-electron chi connectivity index (χ0n) is 18.3. The van der Waals surface area contributed by atoms with Gasteiger partial charge in [0.2, 0.25) is 0 Å². The second-order valence-corrected chi connectivity index (χ2v) is 9.43. The lowest BCUT2D eigenvalue weighted by atomic mass is 10.2. The van der Waals surface area contributed by atoms with Crippen LogP contribution in [-0.2, 0) is 11.3 Å². The van der Waals surface area contributed by atoms with Crippen molar-refractivity contribution >= 4 is 51.7 Å². The van der Waals surface area contributed by atoms with E-state index in [1.54, 1.807) is 18.3 Å². The van der Waals surface area contributed by atoms with Crippen molar-refractivity contribution in [2.45, 2.75) is 32.9 Å². The molecule has 2 N–H and O–H groups in total. The zero-order chi connectivity index (χ0) is 23.5. The number of hydrogen-bond donors (Lipinski definition) is 2. The van der Waals surface area contributed by atoms with Gasteiger partial charge in [-0.25, -0.2) is 4.98 Å². The standard InChI is InChI=1S/C24H24N4O3S2/c1-3-17(14-29)25-20-18(22(30)27-11-7-8-15(2)21(27)26-20)12-19-23(31)28(24(32)33-19)13-16-9-5-4-6-10-16/h4-12,17,25,29H,3,13-14H2,1-2H3/b19-12+/t17-/m1/s1. The number of hydrogen-bond acceptors (Lipinski definition) is 7. The van der Waals surface area contributed by atoms with Gasteiger partial charge in [0.25, 0.3) is 11.5 Å². The second-order valence-electron chi connectivity index (χ2n) is 7.75. The molecule has 4 rings (SSSR count). The van der Waals surface area contributed by atoms with Crippen LogP contribution >= 0.6 is 24.0 Å². The van der Waals surface area contributed by atoms with Gasteiger partial charge in [0.15, 0.2) is 0 Å². The number of nitrogens with zero attached hydrogens (tertiary/aromatic N) is 3. The van der Waals surface area contributed by atoms with Crippen LogP contribution in [0.4, 0.5) is 5.82 Å². The van der Waals surface area contributed by atoms with E-state index in [0.717, 1.165) is 11.1 Å². The number of anilines is 1. The number of thiocarbonyl (C=S) groups is 1. The zero-order valence-corrected chi connectivity index (χ0v) is 19.9. The number of nitrogens with one attached hydrogen (secondary N) is 1. The molecule has 1 aliphatic heterocycles. The van der Waals surface area contributed by atoms with Crippen molar-refractivity contribution in [3.8, 4) is 0 Å². The minimum Gasteiger partial charge on any atom is -0.394 e. The SMILES string of the molecule is CC[C@H](CO)Nc1nc2c(C)cccn2c(=O)c1/C=C1/SC(=S)N(Cc2ccccc2)C1=O. The maximum atomic E-state index is 13.4. The summed E-state index contributed by atoms with van der Waals surface area (Å²) in [6, 6.07) is 13.0. The fourth-order valence-corrected chi connectivity index (χ4v) is 4.79. The molecule has 1 saturated heterocycles. The summed E-state index contributed by atoms with van der Waals surface area (Å²) in [5, 5.41) is 12.9. The van der Waals surface area contributed by atoms with E-state index >= 15 is 0 Å². The van der Waals surface area contributed by atoms with Crippen molar-refractivity contribution in [1.82, 2.24) is 14.3 Å². The van der Waals surface area contributed by atoms with Gasteiger partial charge in [0.05, 0.1) is 29.7 Å². The van der Waals surface area contributed by atoms with Gasteiger partial charge in [-0.05, 0) is 36.6 Å². The van der Waals surface area contributed by atoms with Crippen LogP contribution in [0.5, 0.6) is 0 Å². The highest BCUT2D eigenvalue weighted by atomic mass is 32.2. The molecule has 0 radical (unpaired) electrons. The Morgan fingerprint density at radius 3 is 2.67 bits per heavy atom. The number of thioether (sulfide) groups is 1. The molecule has 1 fully saturated rings. The topological polar surface area (TPSA) is 86.9 Å². The van der Waals surface area contributed by atoms with Crippen molar-refractivity contribution in [3.63, 3.8) is 0 Å². The minimum atomic E-state index is -0.299. The summed E-state index contributed by atoms with van der Waals surface area (Å²) in [5.41, 5.74) is 2.29. The van der Waals surface area contributed by atoms with Gasteiger partial charge in [-0.3, -0.25) is 18.9 Å². The first kappa shape index (κ1) is 23.2. The van der Waals surface area contributed by atoms with E-state index < -0.39 is 0 Å². The lowest BCUT2D eigenvalue weighted by Crippen LogP contribution is -2.28. The molecule has 1 aromatic carbocycles. The highest BCUT2D eigenvalue weighted by Crippen LogP contribution is 2.34. The third kappa shape index (κ3) is 4.71. The number of carbonyl (C=O) groups excluding carboxylic acids is 1. The van der Waals surface area contributed by atoms with E-state index in [1.807, 2.05) is 50.2 Å². The maximum absolute atomic E-state index is 13.4. The van der Waals surface area contributed by atoms with Crippen molar-refractivity contribution in [2.75, 3.05) is 11.9 Å². The van der Waals surface area contributed by atoms with Gasteiger partial charge < -0.3 is 10.4 Å². The molecule has 33 heavy (non-hydrogen) atoms. The largest absolute Gasteiger partial charge is 0.394 e. The van der Waals surface area contributed by atoms with Crippen molar-refractivity contribution in [1.29, 1.82) is 0 Å². The molecule has 2 aromatic heterocycles. The van der Waals surface area contributed by atoms with E-state index in [1.165, 1.54) is 21.1 Å². The van der Waals surface area contributed by atoms with Crippen LogP contribution in [0.1, 0.15) is 30.0 Å². The van der Waals surface area contributed by atoms with Gasteiger partial charge in [0, 0.05) is 6.20 Å². The highest BCUT2D eigenvalue weighted by molar-refractivity contribution is 8.26. The van der Waals surface area contributed by atoms with E-state index in [9.17, 15) is 14.7 Å². The number of amides is 1. The Labute approximate surface area is 201 Å². The second kappa shape index (κ2) is 9.86. The molecule has 0 aliphatic carbocycles. The van der Waals surface area contributed by atoms with Gasteiger partial charge in [0.1, 0.15) is 15.8 Å². The third-order valence-corrected chi connectivity index (χ3v) is 6.85. The Bertz CT molecular complexity index is 1300. The van der Waals surface area contributed by atoms with Crippen molar-refractivity contribution in [3.05, 3.63) is 80.6 Å². The lowest BCUT2D eigenvalue weighted by molar-refractivity contribution is -0.122. The van der Waals surface area contributed by atoms with Gasteiger partial charge >= 0.3 is 0 Å². The van der Waals surface area contributed by atoms with Crippen LogP contribution in [0.15, 0.2) is 58.4 Å². The molecule has 7 nitrogen and oxygen atoms in total. The first-order valence-electron chi connectivity index (χ1n) is 10.6. The average Bonchev–Trinajstić information content (AvgIpc) is 3.08. The molecule has 1 amide bonds. The van der Waals surface area contributed by atoms with Crippen molar-refractivity contribution in [2.24, 2.45) is 0 Å². The fraction of sp³-hybridized carbons (Fsp3) is 0.250. The number of pyridine rings is 1. The van der Waals surface area contributed by atoms with Crippen LogP contribution in [0, 0.1) is 6.92 Å². The summed E-state index contributed by atoms with van der Waals surface area (Å²) < 4.78 is 1.91. The molecule has 0 bridgehead atoms. The predicted octanol–water partition coefficient (Wildman–Crippen LogP) is 3.59. The molecular formula is C24H24N4O3S2. The Hall–Kier alpha value is -3.01. The first-order chi connectivity index (χ1) is 15.9. The molecule has 3 aromatic rings. The van der Waals surface area contributed by atoms with E-state index in [4.69, 9.17) is 12.2 Å². The van der Waals surface area contributed by atoms with Crippen LogP contribution in [0.2, 0.25) is 0 Å². The van der Waals surface area contributed by atoms with E-state index in [2.05, 4.69) is 10.3 Å². The average molecular weight is 481 g/mol. The Kier molecular flexibility index (Phi) is 6.92. The summed E-state index contributed by atoms with van der Waals surface area (Å²) in [4.78, 5) is 33.1. The number of rotatable bonds is 7. The van der Waals surface area contributed by atoms with Gasteiger partial charge in [-0.15, -0.1) is 0 Å². The summed E-state index contributed by atoms with van der Waals surface area (Å²) in [7, 11) is 0. The molecule has 170 valence electrons. The van der Waals surface area contributed by atoms with Crippen LogP contribution in [-0.4, -0.2) is 42.3 Å². The van der Waals surface area contributed by atoms with Gasteiger partial charge in [-0.2, -0.15) is 0 Å². The highest BCUT2D eigenvalue weighted by Gasteiger charge is 2.32. The normalized spacial score (nSPS) is 16.1. The van der Waals surface area contributed by atoms with Crippen LogP contribution < -0.4 is 10.9 Å². The molecular weight excluding hydrogens is 456 g/mol. The maximum Gasteiger partial charge on any atom is 0.267 e. The number of aliphatic hydroxyl groups excluding tert-OH is 1. The lowest BCUT2D eigenvalue weighted by Gasteiger charge is -2.17. The van der Waals surface area contributed by atoms with Gasteiger partial charge in [-0.1, -0.05) is 67.3 Å². The summed E-state index contributed by atoms with van der Waals surface area (Å²) in [5.74, 6) is 0.0891. The summed E-state index contributed by atoms with van der Waals surface area (Å²) >= 11 is 6.62. The molecule has 0 spiro atoms. The molecule has 1 atom stereocenters. The number of aryl methyl sites for hydroxylation is 1. The molecule has 0 saturated carbocycles. The molecule has 9 heteroatoms. The third-order valence-electron chi connectivity index (χ3n) is 5.47. The molecule has 1 aliphatic rings. The molecule has 3 heterocycles. The predicted molar refractivity (Wildman–Crippen MR) is 136 cm³/mol. The minimum absolute atomic E-state index is 0.107. The number of fused-ring (bicyclic) bond motifs is 1. The fourth-order valence-electron chi connectivity index (χ4n) is 3.56. The molecule has 0 unspecified atom stereocenters. The monoisotopic (exact) mass is 480 g/mol. The Balaban J connectivity index is 1.78. The van der Waals surface area contributed by atoms with Crippen LogP contribution in [0.25, 0.3) is 11.7 Å². The Morgan fingerprint density at radius 2 is 1.97 bits per heavy atom. The summed E-state index contributed by atoms with van der Waals surface area (Å²) in [6.45, 7) is 4.07. The number of carbonyl (C=O) groups is 1. The van der Waals surface area contributed by atoms with E-state index in [-0.39, 0.29) is 29.7 Å². The van der Waals surface area contributed by atoms with Crippen LogP contribution in [0.3, 0.4) is 0 Å². The Morgan fingerprint density at radius 1 is 1.21 bits per heavy atom. The number of aromatic nitrogens is 2. The first-order valence-corrected chi connectivity index (χ1v) is 11.8. The van der Waals surface area contributed by atoms with E-state index in [0.29, 0.717) is 33.7 Å². The quantitative estimate of drug-likeness (QED) is 0.395. The number of benzene rings is 1. The van der Waals surface area contributed by atoms with Crippen molar-refractivity contribution < 1.29 is 9.90 Å². The smallest absolute Gasteiger partial charge is 0.267 e. The number of aliphatic hydroxyl groups is 1. The summed E-state index contributed by atoms with van der Waals surface area (Å²) in [6.07, 6.45) is 3.85.